The summed E-state index contributed by atoms with van der Waals surface area (Å²) in [6, 6.07) is 7.04. The van der Waals surface area contributed by atoms with E-state index in [0.717, 1.165) is 0 Å². The van der Waals surface area contributed by atoms with E-state index in [1.54, 1.807) is 42.9 Å². The lowest BCUT2D eigenvalue weighted by molar-refractivity contribution is 0.219. The van der Waals surface area contributed by atoms with Gasteiger partial charge in [-0.3, -0.25) is 4.98 Å². The minimum absolute atomic E-state index is 0.314. The van der Waals surface area contributed by atoms with Crippen LogP contribution < -0.4 is 0 Å². The predicted octanol–water partition coefficient (Wildman–Crippen LogP) is 2.21. The number of pyridine rings is 2. The molecule has 0 aliphatic heterocycles. The number of aliphatic hydroxyl groups excluding tert-OH is 1. The first-order valence-electron chi connectivity index (χ1n) is 4.47. The van der Waals surface area contributed by atoms with Gasteiger partial charge in [0.15, 0.2) is 0 Å². The molecule has 0 amide bonds. The molecule has 2 heterocycles. The molecule has 76 valence electrons. The number of aliphatic hydroxyl groups is 1. The van der Waals surface area contributed by atoms with Crippen LogP contribution >= 0.6 is 11.6 Å². The minimum Gasteiger partial charge on any atom is -0.383 e. The fourth-order valence-corrected chi connectivity index (χ4v) is 1.54. The van der Waals surface area contributed by atoms with Crippen LogP contribution in [0.1, 0.15) is 17.2 Å². The predicted molar refractivity (Wildman–Crippen MR) is 57.5 cm³/mol. The van der Waals surface area contributed by atoms with Crippen LogP contribution in [0, 0.1) is 0 Å². The van der Waals surface area contributed by atoms with Gasteiger partial charge in [-0.1, -0.05) is 23.7 Å². The molecule has 0 saturated heterocycles. The van der Waals surface area contributed by atoms with Crippen molar-refractivity contribution >= 4 is 11.6 Å². The molecule has 1 unspecified atom stereocenters. The summed E-state index contributed by atoms with van der Waals surface area (Å²) < 4.78 is 0. The Labute approximate surface area is 92.4 Å². The summed E-state index contributed by atoms with van der Waals surface area (Å²) >= 11 is 5.88. The quantitative estimate of drug-likeness (QED) is 0.790. The van der Waals surface area contributed by atoms with E-state index in [1.165, 1.54) is 0 Å². The average molecular weight is 221 g/mol. The monoisotopic (exact) mass is 220 g/mol. The number of hydrogen-bond acceptors (Lipinski definition) is 3. The summed E-state index contributed by atoms with van der Waals surface area (Å²) in [5.41, 5.74) is 1.29. The largest absolute Gasteiger partial charge is 0.383 e. The maximum atomic E-state index is 10.0. The van der Waals surface area contributed by atoms with Crippen LogP contribution in [0.4, 0.5) is 0 Å². The summed E-state index contributed by atoms with van der Waals surface area (Å²) in [4.78, 5) is 7.85. The van der Waals surface area contributed by atoms with Gasteiger partial charge in [-0.25, -0.2) is 4.98 Å². The average Bonchev–Trinajstić information content (AvgIpc) is 2.30. The Morgan fingerprint density at radius 3 is 2.67 bits per heavy atom. The van der Waals surface area contributed by atoms with E-state index in [2.05, 4.69) is 9.97 Å². The zero-order chi connectivity index (χ0) is 10.7. The Balaban J connectivity index is 2.37. The fourth-order valence-electron chi connectivity index (χ4n) is 1.32. The van der Waals surface area contributed by atoms with Crippen molar-refractivity contribution in [2.24, 2.45) is 0 Å². The third kappa shape index (κ3) is 2.14. The third-order valence-corrected chi connectivity index (χ3v) is 2.40. The molecule has 0 radical (unpaired) electrons. The Hall–Kier alpha value is -1.45. The first kappa shape index (κ1) is 10.1. The molecule has 0 aliphatic carbocycles. The maximum absolute atomic E-state index is 10.0. The summed E-state index contributed by atoms with van der Waals surface area (Å²) in [5.74, 6) is 0. The number of halogens is 1. The van der Waals surface area contributed by atoms with E-state index in [4.69, 9.17) is 11.6 Å². The third-order valence-electron chi connectivity index (χ3n) is 2.08. The highest BCUT2D eigenvalue weighted by molar-refractivity contribution is 6.30. The maximum Gasteiger partial charge on any atom is 0.135 e. The molecule has 0 aromatic carbocycles. The van der Waals surface area contributed by atoms with Crippen molar-refractivity contribution < 1.29 is 5.11 Å². The van der Waals surface area contributed by atoms with Crippen LogP contribution in [0.3, 0.4) is 0 Å². The summed E-state index contributed by atoms with van der Waals surface area (Å²) in [6.07, 6.45) is 4.07. The van der Waals surface area contributed by atoms with Gasteiger partial charge in [0.25, 0.3) is 0 Å². The van der Waals surface area contributed by atoms with E-state index in [-0.39, 0.29) is 0 Å². The number of aromatic nitrogens is 2. The van der Waals surface area contributed by atoms with Gasteiger partial charge in [0.05, 0.1) is 0 Å². The molecule has 2 aromatic rings. The van der Waals surface area contributed by atoms with Crippen molar-refractivity contribution in [2.45, 2.75) is 6.10 Å². The lowest BCUT2D eigenvalue weighted by Crippen LogP contribution is -2.01. The molecular weight excluding hydrogens is 212 g/mol. The van der Waals surface area contributed by atoms with E-state index >= 15 is 0 Å². The molecule has 4 heteroatoms. The topological polar surface area (TPSA) is 46.0 Å². The van der Waals surface area contributed by atoms with E-state index < -0.39 is 6.10 Å². The fraction of sp³-hybridized carbons (Fsp3) is 0.0909. The Morgan fingerprint density at radius 2 is 2.00 bits per heavy atom. The zero-order valence-electron chi connectivity index (χ0n) is 7.84. The van der Waals surface area contributed by atoms with Crippen molar-refractivity contribution in [1.82, 2.24) is 9.97 Å². The molecule has 2 aromatic heterocycles. The molecule has 2 rings (SSSR count). The Morgan fingerprint density at radius 1 is 1.20 bits per heavy atom. The van der Waals surface area contributed by atoms with Crippen LogP contribution in [0.2, 0.25) is 5.15 Å². The van der Waals surface area contributed by atoms with Crippen LogP contribution in [0.15, 0.2) is 42.9 Å². The van der Waals surface area contributed by atoms with Gasteiger partial charge in [0.1, 0.15) is 11.3 Å². The molecule has 0 saturated carbocycles. The molecule has 15 heavy (non-hydrogen) atoms. The lowest BCUT2D eigenvalue weighted by Gasteiger charge is -2.11. The summed E-state index contributed by atoms with van der Waals surface area (Å²) in [6.45, 7) is 0. The van der Waals surface area contributed by atoms with Gasteiger partial charge in [0.2, 0.25) is 0 Å². The minimum atomic E-state index is -0.778. The van der Waals surface area contributed by atoms with Crippen LogP contribution in [-0.4, -0.2) is 15.1 Å². The second-order valence-corrected chi connectivity index (χ2v) is 3.43. The first-order chi connectivity index (χ1) is 7.29. The molecule has 0 spiro atoms. The molecular formula is C11H9ClN2O. The van der Waals surface area contributed by atoms with E-state index in [0.29, 0.717) is 16.3 Å². The van der Waals surface area contributed by atoms with Gasteiger partial charge in [-0.2, -0.15) is 0 Å². The molecule has 1 N–H and O–H groups in total. The van der Waals surface area contributed by atoms with Gasteiger partial charge >= 0.3 is 0 Å². The Bertz CT molecular complexity index is 447. The summed E-state index contributed by atoms with van der Waals surface area (Å²) in [5, 5.41) is 10.3. The van der Waals surface area contributed by atoms with E-state index in [1.807, 2.05) is 0 Å². The van der Waals surface area contributed by atoms with E-state index in [9.17, 15) is 5.11 Å². The van der Waals surface area contributed by atoms with Gasteiger partial charge < -0.3 is 5.11 Å². The molecule has 0 aliphatic rings. The van der Waals surface area contributed by atoms with Crippen LogP contribution in [-0.2, 0) is 0 Å². The normalized spacial score (nSPS) is 12.4. The number of hydrogen-bond donors (Lipinski definition) is 1. The van der Waals surface area contributed by atoms with Crippen molar-refractivity contribution in [3.63, 3.8) is 0 Å². The Kier molecular flexibility index (Phi) is 2.94. The second kappa shape index (κ2) is 4.38. The van der Waals surface area contributed by atoms with Crippen LogP contribution in [0.5, 0.6) is 0 Å². The molecule has 3 nitrogen and oxygen atoms in total. The zero-order valence-corrected chi connectivity index (χ0v) is 8.59. The van der Waals surface area contributed by atoms with Crippen molar-refractivity contribution in [3.8, 4) is 0 Å². The van der Waals surface area contributed by atoms with Crippen molar-refractivity contribution in [2.75, 3.05) is 0 Å². The highest BCUT2D eigenvalue weighted by Gasteiger charge is 2.13. The summed E-state index contributed by atoms with van der Waals surface area (Å²) in [7, 11) is 0. The highest BCUT2D eigenvalue weighted by atomic mass is 35.5. The SMILES string of the molecule is OC(c1cccnc1)c1cccnc1Cl. The molecule has 0 bridgehead atoms. The van der Waals surface area contributed by atoms with Crippen LogP contribution in [0.25, 0.3) is 0 Å². The number of rotatable bonds is 2. The first-order valence-corrected chi connectivity index (χ1v) is 4.85. The standard InChI is InChI=1S/C11H9ClN2O/c12-11-9(4-2-6-14-11)10(15)8-3-1-5-13-7-8/h1-7,10,15H. The smallest absolute Gasteiger partial charge is 0.135 e. The van der Waals surface area contributed by atoms with Crippen molar-refractivity contribution in [1.29, 1.82) is 0 Å². The highest BCUT2D eigenvalue weighted by Crippen LogP contribution is 2.25. The van der Waals surface area contributed by atoms with Gasteiger partial charge in [0, 0.05) is 29.7 Å². The molecule has 0 fully saturated rings. The van der Waals surface area contributed by atoms with Gasteiger partial charge in [-0.15, -0.1) is 0 Å². The molecule has 1 atom stereocenters. The second-order valence-electron chi connectivity index (χ2n) is 3.07. The van der Waals surface area contributed by atoms with Gasteiger partial charge in [-0.05, 0) is 12.1 Å². The number of nitrogens with zero attached hydrogens (tertiary/aromatic N) is 2. The van der Waals surface area contributed by atoms with Crippen molar-refractivity contribution in [3.05, 3.63) is 59.1 Å². The lowest BCUT2D eigenvalue weighted by atomic mass is 10.1.